The first-order valence-corrected chi connectivity index (χ1v) is 5.54. The van der Waals surface area contributed by atoms with Crippen LogP contribution in [0.15, 0.2) is 6.20 Å². The van der Waals surface area contributed by atoms with E-state index in [4.69, 9.17) is 0 Å². The summed E-state index contributed by atoms with van der Waals surface area (Å²) in [7, 11) is 1.97. The smallest absolute Gasteiger partial charge is 0.0964 e. The highest BCUT2D eigenvalue weighted by molar-refractivity contribution is 7.11. The third kappa shape index (κ3) is 1.76. The molecule has 1 unspecified atom stereocenters. The van der Waals surface area contributed by atoms with Gasteiger partial charge in [0.25, 0.3) is 0 Å². The number of nitrogens with one attached hydrogen (secondary N) is 1. The highest BCUT2D eigenvalue weighted by atomic mass is 32.1. The number of nitrogens with zero attached hydrogens (tertiary/aromatic N) is 1. The van der Waals surface area contributed by atoms with Crippen molar-refractivity contribution in [1.82, 2.24) is 10.3 Å². The number of rotatable bonds is 3. The minimum atomic E-state index is 0.509. The van der Waals surface area contributed by atoms with Crippen molar-refractivity contribution in [3.8, 4) is 0 Å². The molecule has 1 aromatic heterocycles. The Morgan fingerprint density at radius 3 is 2.92 bits per heavy atom. The van der Waals surface area contributed by atoms with Gasteiger partial charge in [0.2, 0.25) is 0 Å². The molecule has 2 rings (SSSR count). The number of thiazole rings is 1. The maximum absolute atomic E-state index is 4.47. The van der Waals surface area contributed by atoms with E-state index in [2.05, 4.69) is 24.1 Å². The minimum Gasteiger partial charge on any atom is -0.315 e. The maximum Gasteiger partial charge on any atom is 0.0964 e. The molecule has 3 heteroatoms. The second kappa shape index (κ2) is 3.07. The van der Waals surface area contributed by atoms with Crippen molar-refractivity contribution in [2.75, 3.05) is 7.05 Å². The van der Waals surface area contributed by atoms with Gasteiger partial charge in [-0.15, -0.1) is 11.3 Å². The Hall–Kier alpha value is -0.410. The molecule has 1 aliphatic rings. The lowest BCUT2D eigenvalue weighted by Crippen LogP contribution is -2.02. The molecular formula is C10H16N2S. The van der Waals surface area contributed by atoms with Gasteiger partial charge in [0.1, 0.15) is 0 Å². The van der Waals surface area contributed by atoms with Crippen molar-refractivity contribution in [3.05, 3.63) is 16.1 Å². The van der Waals surface area contributed by atoms with E-state index in [1.54, 1.807) is 0 Å². The molecule has 1 aliphatic carbocycles. The summed E-state index contributed by atoms with van der Waals surface area (Å²) in [5, 5.41) is 4.48. The molecule has 1 atom stereocenters. The zero-order valence-electron chi connectivity index (χ0n) is 8.42. The van der Waals surface area contributed by atoms with Crippen molar-refractivity contribution in [3.63, 3.8) is 0 Å². The molecule has 0 spiro atoms. The third-order valence-electron chi connectivity index (χ3n) is 2.73. The average Bonchev–Trinajstić information content (AvgIpc) is 2.52. The lowest BCUT2D eigenvalue weighted by molar-refractivity contribution is 0.620. The summed E-state index contributed by atoms with van der Waals surface area (Å²) in [5.41, 5.74) is 0.509. The normalized spacial score (nSPS) is 24.7. The van der Waals surface area contributed by atoms with Gasteiger partial charge in [0, 0.05) is 23.5 Å². The third-order valence-corrected chi connectivity index (χ3v) is 3.84. The first-order valence-electron chi connectivity index (χ1n) is 4.72. The minimum absolute atomic E-state index is 0.509. The van der Waals surface area contributed by atoms with Crippen LogP contribution in [0.2, 0.25) is 0 Å². The van der Waals surface area contributed by atoms with Gasteiger partial charge in [0.05, 0.1) is 5.01 Å². The Bertz CT molecular complexity index is 304. The number of aromatic nitrogens is 1. The maximum atomic E-state index is 4.47. The van der Waals surface area contributed by atoms with Crippen molar-refractivity contribution in [2.24, 2.45) is 5.41 Å². The topological polar surface area (TPSA) is 24.9 Å². The summed E-state index contributed by atoms with van der Waals surface area (Å²) in [4.78, 5) is 5.82. The van der Waals surface area contributed by atoms with Crippen LogP contribution in [-0.4, -0.2) is 12.0 Å². The zero-order valence-corrected chi connectivity index (χ0v) is 9.24. The van der Waals surface area contributed by atoms with Crippen LogP contribution in [0.3, 0.4) is 0 Å². The Morgan fingerprint density at radius 2 is 2.38 bits per heavy atom. The molecule has 1 aromatic rings. The molecule has 1 heterocycles. The molecule has 0 amide bonds. The van der Waals surface area contributed by atoms with Gasteiger partial charge < -0.3 is 5.32 Å². The predicted octanol–water partition coefficient (Wildman–Crippen LogP) is 2.38. The fraction of sp³-hybridized carbons (Fsp3) is 0.700. The van der Waals surface area contributed by atoms with Gasteiger partial charge in [-0.05, 0) is 18.9 Å². The largest absolute Gasteiger partial charge is 0.315 e. The quantitative estimate of drug-likeness (QED) is 0.803. The van der Waals surface area contributed by atoms with E-state index >= 15 is 0 Å². The predicted molar refractivity (Wildman–Crippen MR) is 56.0 cm³/mol. The molecule has 1 saturated carbocycles. The van der Waals surface area contributed by atoms with Crippen LogP contribution in [0.25, 0.3) is 0 Å². The van der Waals surface area contributed by atoms with E-state index < -0.39 is 0 Å². The van der Waals surface area contributed by atoms with Crippen LogP contribution in [0.1, 0.15) is 36.1 Å². The number of hydrogen-bond donors (Lipinski definition) is 1. The van der Waals surface area contributed by atoms with Crippen molar-refractivity contribution >= 4 is 11.3 Å². The first-order chi connectivity index (χ1) is 6.13. The van der Waals surface area contributed by atoms with E-state index in [1.807, 2.05) is 24.6 Å². The van der Waals surface area contributed by atoms with Crippen LogP contribution < -0.4 is 5.32 Å². The van der Waals surface area contributed by atoms with E-state index in [1.165, 1.54) is 16.3 Å². The van der Waals surface area contributed by atoms with E-state index in [9.17, 15) is 0 Å². The SMILES string of the molecule is CNCc1cnc(C2CC2(C)C)s1. The summed E-state index contributed by atoms with van der Waals surface area (Å²) >= 11 is 1.86. The van der Waals surface area contributed by atoms with Crippen molar-refractivity contribution in [1.29, 1.82) is 0 Å². The lowest BCUT2D eigenvalue weighted by atomic mass is 10.1. The summed E-state index contributed by atoms with van der Waals surface area (Å²) in [6, 6.07) is 0. The summed E-state index contributed by atoms with van der Waals surface area (Å²) < 4.78 is 0. The molecule has 1 fully saturated rings. The van der Waals surface area contributed by atoms with Gasteiger partial charge in [0.15, 0.2) is 0 Å². The second-order valence-electron chi connectivity index (χ2n) is 4.44. The van der Waals surface area contributed by atoms with Crippen LogP contribution in [-0.2, 0) is 6.54 Å². The summed E-state index contributed by atoms with van der Waals surface area (Å²) in [5.74, 6) is 0.725. The van der Waals surface area contributed by atoms with Crippen LogP contribution in [0, 0.1) is 5.41 Å². The van der Waals surface area contributed by atoms with Crippen LogP contribution in [0.4, 0.5) is 0 Å². The molecule has 0 saturated heterocycles. The Kier molecular flexibility index (Phi) is 2.16. The highest BCUT2D eigenvalue weighted by Crippen LogP contribution is 2.59. The molecule has 0 bridgehead atoms. The van der Waals surface area contributed by atoms with Gasteiger partial charge in [-0.25, -0.2) is 4.98 Å². The van der Waals surface area contributed by atoms with Gasteiger partial charge in [-0.3, -0.25) is 0 Å². The Balaban J connectivity index is 2.07. The van der Waals surface area contributed by atoms with Crippen molar-refractivity contribution in [2.45, 2.75) is 32.7 Å². The second-order valence-corrected chi connectivity index (χ2v) is 5.59. The Morgan fingerprint density at radius 1 is 1.69 bits per heavy atom. The van der Waals surface area contributed by atoms with Gasteiger partial charge >= 0.3 is 0 Å². The standard InChI is InChI=1S/C10H16N2S/c1-10(2)4-8(10)9-12-6-7(13-9)5-11-3/h6,8,11H,4-5H2,1-3H3. The molecule has 2 nitrogen and oxygen atoms in total. The molecule has 0 radical (unpaired) electrons. The van der Waals surface area contributed by atoms with Crippen molar-refractivity contribution < 1.29 is 0 Å². The fourth-order valence-electron chi connectivity index (χ4n) is 1.63. The Labute approximate surface area is 83.4 Å². The van der Waals surface area contributed by atoms with Crippen LogP contribution >= 0.6 is 11.3 Å². The monoisotopic (exact) mass is 196 g/mol. The zero-order chi connectivity index (χ0) is 9.47. The molecule has 0 aromatic carbocycles. The fourth-order valence-corrected chi connectivity index (χ4v) is 2.87. The van der Waals surface area contributed by atoms with E-state index in [-0.39, 0.29) is 0 Å². The first kappa shape index (κ1) is 9.16. The van der Waals surface area contributed by atoms with Crippen LogP contribution in [0.5, 0.6) is 0 Å². The van der Waals surface area contributed by atoms with Gasteiger partial charge in [-0.2, -0.15) is 0 Å². The lowest BCUT2D eigenvalue weighted by Gasteiger charge is -1.97. The molecule has 72 valence electrons. The van der Waals surface area contributed by atoms with Gasteiger partial charge in [-0.1, -0.05) is 13.8 Å². The molecule has 13 heavy (non-hydrogen) atoms. The average molecular weight is 196 g/mol. The summed E-state index contributed by atoms with van der Waals surface area (Å²) in [6.45, 7) is 5.58. The number of hydrogen-bond acceptors (Lipinski definition) is 3. The molecular weight excluding hydrogens is 180 g/mol. The summed E-state index contributed by atoms with van der Waals surface area (Å²) in [6.07, 6.45) is 3.31. The van der Waals surface area contributed by atoms with E-state index in [0.29, 0.717) is 5.41 Å². The van der Waals surface area contributed by atoms with E-state index in [0.717, 1.165) is 12.5 Å². The molecule has 0 aliphatic heterocycles. The molecule has 1 N–H and O–H groups in total. The highest BCUT2D eigenvalue weighted by Gasteiger charge is 2.48.